The van der Waals surface area contributed by atoms with Gasteiger partial charge in [0.1, 0.15) is 11.5 Å². The topological polar surface area (TPSA) is 88.1 Å². The van der Waals surface area contributed by atoms with Crippen LogP contribution < -0.4 is 9.47 Å². The Morgan fingerprint density at radius 1 is 1.32 bits per heavy atom. The molecule has 0 aromatic heterocycles. The molecular formula is C20H19IO7. The molecule has 148 valence electrons. The Labute approximate surface area is 175 Å². The van der Waals surface area contributed by atoms with E-state index in [1.165, 1.54) is 19.3 Å². The summed E-state index contributed by atoms with van der Waals surface area (Å²) < 4.78 is 22.0. The molecule has 0 radical (unpaired) electrons. The van der Waals surface area contributed by atoms with Gasteiger partial charge in [0, 0.05) is 36.6 Å². The number of benzene rings is 1. The highest BCUT2D eigenvalue weighted by molar-refractivity contribution is 14.1. The maximum atomic E-state index is 12.3. The van der Waals surface area contributed by atoms with E-state index in [0.29, 0.717) is 24.5 Å². The number of esters is 2. The van der Waals surface area contributed by atoms with Gasteiger partial charge < -0.3 is 18.9 Å². The van der Waals surface area contributed by atoms with Crippen LogP contribution in [0.1, 0.15) is 30.9 Å². The highest BCUT2D eigenvalue weighted by Crippen LogP contribution is 2.42. The summed E-state index contributed by atoms with van der Waals surface area (Å²) in [6.07, 6.45) is 4.29. The normalized spacial score (nSPS) is 17.7. The summed E-state index contributed by atoms with van der Waals surface area (Å²) in [5.41, 5.74) is 2.30. The van der Waals surface area contributed by atoms with E-state index in [9.17, 15) is 14.4 Å². The van der Waals surface area contributed by atoms with Gasteiger partial charge in [0.25, 0.3) is 6.29 Å². The van der Waals surface area contributed by atoms with Gasteiger partial charge in [-0.15, -0.1) is 0 Å². The van der Waals surface area contributed by atoms with Crippen LogP contribution in [-0.2, 0) is 30.3 Å². The van der Waals surface area contributed by atoms with Gasteiger partial charge in [-0.1, -0.05) is 0 Å². The van der Waals surface area contributed by atoms with Gasteiger partial charge in [-0.3, -0.25) is 9.59 Å². The van der Waals surface area contributed by atoms with Crippen molar-refractivity contribution in [3.05, 3.63) is 39.0 Å². The molecule has 7 nitrogen and oxygen atoms in total. The molecular weight excluding hydrogens is 479 g/mol. The first-order chi connectivity index (χ1) is 13.4. The average molecular weight is 498 g/mol. The molecule has 3 rings (SSSR count). The number of fused-ring (bicyclic) bond motifs is 1. The minimum atomic E-state index is -0.818. The molecule has 1 heterocycles. The van der Waals surface area contributed by atoms with Gasteiger partial charge in [0.2, 0.25) is 0 Å². The van der Waals surface area contributed by atoms with Crippen LogP contribution >= 0.6 is 22.6 Å². The van der Waals surface area contributed by atoms with Gasteiger partial charge >= 0.3 is 11.9 Å². The van der Waals surface area contributed by atoms with Crippen molar-refractivity contribution in [1.29, 1.82) is 0 Å². The quantitative estimate of drug-likeness (QED) is 0.422. The number of methoxy groups -OCH3 is 1. The third kappa shape index (κ3) is 4.37. The van der Waals surface area contributed by atoms with Crippen molar-refractivity contribution in [1.82, 2.24) is 0 Å². The average Bonchev–Trinajstić information content (AvgIpc) is 3.07. The Bertz CT molecular complexity index is 885. The monoisotopic (exact) mass is 498 g/mol. The molecule has 1 aliphatic carbocycles. The number of allylic oxidation sites excluding steroid dienone is 2. The lowest BCUT2D eigenvalue weighted by atomic mass is 9.87. The number of carbonyl (C=O) groups is 3. The fourth-order valence-corrected chi connectivity index (χ4v) is 3.87. The fourth-order valence-electron chi connectivity index (χ4n) is 3.12. The first kappa shape index (κ1) is 20.4. The number of hydrogen-bond acceptors (Lipinski definition) is 7. The molecule has 28 heavy (non-hydrogen) atoms. The number of carbonyl (C=O) groups excluding carboxylic acids is 3. The Morgan fingerprint density at radius 3 is 2.75 bits per heavy atom. The minimum absolute atomic E-state index is 0.0596. The minimum Gasteiger partial charge on any atom is -0.496 e. The fraction of sp³-hybridized carbons (Fsp3) is 0.350. The second-order valence-corrected chi connectivity index (χ2v) is 7.22. The molecule has 0 spiro atoms. The maximum absolute atomic E-state index is 12.3. The van der Waals surface area contributed by atoms with Gasteiger partial charge in [0.15, 0.2) is 5.78 Å². The molecule has 1 aliphatic heterocycles. The summed E-state index contributed by atoms with van der Waals surface area (Å²) in [7, 11) is 1.53. The third-order valence-corrected chi connectivity index (χ3v) is 5.47. The second kappa shape index (κ2) is 8.76. The van der Waals surface area contributed by atoms with Crippen LogP contribution in [0, 0.1) is 3.57 Å². The summed E-state index contributed by atoms with van der Waals surface area (Å²) in [6, 6.07) is 1.70. The summed E-state index contributed by atoms with van der Waals surface area (Å²) >= 11 is 2.11. The van der Waals surface area contributed by atoms with E-state index in [1.807, 2.05) is 0 Å². The molecule has 8 heteroatoms. The molecule has 1 aromatic rings. The van der Waals surface area contributed by atoms with Crippen molar-refractivity contribution in [2.24, 2.45) is 0 Å². The lowest BCUT2D eigenvalue weighted by Gasteiger charge is -2.24. The van der Waals surface area contributed by atoms with Crippen molar-refractivity contribution in [3.63, 3.8) is 0 Å². The smallest absolute Gasteiger partial charge is 0.334 e. The number of ketones is 1. The highest BCUT2D eigenvalue weighted by atomic mass is 127. The van der Waals surface area contributed by atoms with E-state index < -0.39 is 12.3 Å². The number of halogens is 1. The lowest BCUT2D eigenvalue weighted by molar-refractivity contribution is -0.148. The summed E-state index contributed by atoms with van der Waals surface area (Å²) in [5.74, 6) is 0.146. The third-order valence-electron chi connectivity index (χ3n) is 4.29. The largest absolute Gasteiger partial charge is 0.496 e. The lowest BCUT2D eigenvalue weighted by Crippen LogP contribution is -2.18. The SMILES string of the molecule is CCOC(=O)CCC1=CC(=O)Cc2c(I)c(O[C@@H]3C=CC(=O)O3)cc(OC)c21. The number of ether oxygens (including phenoxy) is 4. The summed E-state index contributed by atoms with van der Waals surface area (Å²) in [5, 5.41) is 0. The van der Waals surface area contributed by atoms with Crippen LogP contribution in [0.5, 0.6) is 11.5 Å². The molecule has 0 unspecified atom stereocenters. The predicted octanol–water partition coefficient (Wildman–Crippen LogP) is 2.97. The molecule has 0 amide bonds. The molecule has 0 N–H and O–H groups in total. The van der Waals surface area contributed by atoms with Crippen LogP contribution in [0.15, 0.2) is 24.3 Å². The first-order valence-electron chi connectivity index (χ1n) is 8.77. The van der Waals surface area contributed by atoms with Gasteiger partial charge in [0.05, 0.1) is 17.3 Å². The van der Waals surface area contributed by atoms with Crippen molar-refractivity contribution < 1.29 is 33.3 Å². The van der Waals surface area contributed by atoms with Crippen molar-refractivity contribution in [2.75, 3.05) is 13.7 Å². The van der Waals surface area contributed by atoms with E-state index >= 15 is 0 Å². The number of cyclic esters (lactones) is 1. The van der Waals surface area contributed by atoms with Crippen molar-refractivity contribution in [2.45, 2.75) is 32.5 Å². The van der Waals surface area contributed by atoms with E-state index in [-0.39, 0.29) is 24.6 Å². The van der Waals surface area contributed by atoms with Crippen LogP contribution in [0.2, 0.25) is 0 Å². The van der Waals surface area contributed by atoms with Crippen LogP contribution in [0.25, 0.3) is 5.57 Å². The molecule has 0 saturated heterocycles. The van der Waals surface area contributed by atoms with Crippen LogP contribution in [0.4, 0.5) is 0 Å². The van der Waals surface area contributed by atoms with Gasteiger partial charge in [-0.05, 0) is 53.1 Å². The zero-order valence-electron chi connectivity index (χ0n) is 15.5. The van der Waals surface area contributed by atoms with Crippen molar-refractivity contribution >= 4 is 45.9 Å². The Kier molecular flexibility index (Phi) is 6.38. The molecule has 2 aliphatic rings. The van der Waals surface area contributed by atoms with E-state index in [0.717, 1.165) is 20.3 Å². The van der Waals surface area contributed by atoms with E-state index in [2.05, 4.69) is 22.6 Å². The molecule has 0 bridgehead atoms. The number of rotatable bonds is 7. The molecule has 1 aromatic carbocycles. The Hall–Kier alpha value is -2.36. The van der Waals surface area contributed by atoms with Gasteiger partial charge in [-0.25, -0.2) is 4.79 Å². The predicted molar refractivity (Wildman–Crippen MR) is 108 cm³/mol. The zero-order valence-corrected chi connectivity index (χ0v) is 17.6. The van der Waals surface area contributed by atoms with Crippen molar-refractivity contribution in [3.8, 4) is 11.5 Å². The summed E-state index contributed by atoms with van der Waals surface area (Å²) in [6.45, 7) is 2.07. The number of hydrogen-bond donors (Lipinski definition) is 0. The van der Waals surface area contributed by atoms with E-state index in [1.54, 1.807) is 19.1 Å². The zero-order chi connectivity index (χ0) is 20.3. The molecule has 0 fully saturated rings. The summed E-state index contributed by atoms with van der Waals surface area (Å²) in [4.78, 5) is 35.3. The highest BCUT2D eigenvalue weighted by Gasteiger charge is 2.28. The maximum Gasteiger partial charge on any atom is 0.334 e. The molecule has 1 atom stereocenters. The Morgan fingerprint density at radius 2 is 2.11 bits per heavy atom. The first-order valence-corrected chi connectivity index (χ1v) is 9.85. The van der Waals surface area contributed by atoms with E-state index in [4.69, 9.17) is 18.9 Å². The van der Waals surface area contributed by atoms with Crippen LogP contribution in [-0.4, -0.2) is 37.7 Å². The Balaban J connectivity index is 1.93. The second-order valence-electron chi connectivity index (χ2n) is 6.14. The van der Waals surface area contributed by atoms with Gasteiger partial charge in [-0.2, -0.15) is 0 Å². The van der Waals surface area contributed by atoms with Crippen LogP contribution in [0.3, 0.4) is 0 Å². The standard InChI is InChI=1S/C20H19IO7/c1-3-26-16(23)5-4-11-8-12(22)9-13-19(11)14(25-2)10-15(20(13)21)27-18-7-6-17(24)28-18/h6-8,10,18H,3-5,9H2,1-2H3/t18-/m0/s1. The molecule has 0 saturated carbocycles.